The Morgan fingerprint density at radius 2 is 1.62 bits per heavy atom. The molecule has 0 aromatic heterocycles. The van der Waals surface area contributed by atoms with E-state index in [1.807, 2.05) is 6.92 Å². The lowest BCUT2D eigenvalue weighted by Crippen LogP contribution is -2.30. The summed E-state index contributed by atoms with van der Waals surface area (Å²) in [4.78, 5) is 24.0. The van der Waals surface area contributed by atoms with E-state index in [0.717, 1.165) is 12.2 Å². The molecular formula is C20H24N2O4. The molecule has 0 aliphatic carbocycles. The molecule has 138 valence electrons. The fraction of sp³-hybridized carbons (Fsp3) is 0.300. The molecule has 0 radical (unpaired) electrons. The van der Waals surface area contributed by atoms with E-state index in [4.69, 9.17) is 9.47 Å². The molecule has 1 atom stereocenters. The van der Waals surface area contributed by atoms with Crippen molar-refractivity contribution in [3.05, 3.63) is 48.5 Å². The molecule has 1 unspecified atom stereocenters. The van der Waals surface area contributed by atoms with Gasteiger partial charge in [-0.2, -0.15) is 0 Å². The number of anilines is 2. The Hall–Kier alpha value is -3.02. The zero-order valence-corrected chi connectivity index (χ0v) is 15.2. The summed E-state index contributed by atoms with van der Waals surface area (Å²) >= 11 is 0. The minimum Gasteiger partial charge on any atom is -0.497 e. The largest absolute Gasteiger partial charge is 0.497 e. The quantitative estimate of drug-likeness (QED) is 0.753. The number of carbonyl (C=O) groups excluding carboxylic acids is 2. The van der Waals surface area contributed by atoms with Gasteiger partial charge in [-0.3, -0.25) is 9.59 Å². The van der Waals surface area contributed by atoms with Crippen LogP contribution in [0.1, 0.15) is 26.7 Å². The van der Waals surface area contributed by atoms with Gasteiger partial charge in [-0.25, -0.2) is 0 Å². The van der Waals surface area contributed by atoms with E-state index < -0.39 is 6.10 Å². The van der Waals surface area contributed by atoms with E-state index in [1.165, 1.54) is 0 Å². The minimum absolute atomic E-state index is 0.0489. The second kappa shape index (κ2) is 9.46. The number of hydrogen-bond donors (Lipinski definition) is 2. The van der Waals surface area contributed by atoms with Crippen molar-refractivity contribution < 1.29 is 19.1 Å². The van der Waals surface area contributed by atoms with E-state index in [9.17, 15) is 9.59 Å². The van der Waals surface area contributed by atoms with Gasteiger partial charge in [0, 0.05) is 17.8 Å². The molecule has 6 nitrogen and oxygen atoms in total. The van der Waals surface area contributed by atoms with Gasteiger partial charge in [0.1, 0.15) is 11.5 Å². The molecule has 2 aromatic carbocycles. The van der Waals surface area contributed by atoms with Crippen molar-refractivity contribution in [1.82, 2.24) is 0 Å². The third-order valence-electron chi connectivity index (χ3n) is 3.63. The summed E-state index contributed by atoms with van der Waals surface area (Å²) in [6.07, 6.45) is 0.563. The third kappa shape index (κ3) is 5.81. The first kappa shape index (κ1) is 19.3. The van der Waals surface area contributed by atoms with Crippen LogP contribution in [0.2, 0.25) is 0 Å². The third-order valence-corrected chi connectivity index (χ3v) is 3.63. The number of amides is 2. The lowest BCUT2D eigenvalue weighted by Gasteiger charge is -2.15. The molecule has 2 rings (SSSR count). The van der Waals surface area contributed by atoms with Gasteiger partial charge in [0.25, 0.3) is 5.91 Å². The van der Waals surface area contributed by atoms with Crippen molar-refractivity contribution in [2.45, 2.75) is 32.8 Å². The van der Waals surface area contributed by atoms with Crippen LogP contribution in [-0.2, 0) is 9.59 Å². The zero-order chi connectivity index (χ0) is 18.9. The highest BCUT2D eigenvalue weighted by Crippen LogP contribution is 2.19. The Kier molecular flexibility index (Phi) is 7.02. The standard InChI is InChI=1S/C20H24N2O4/c1-4-6-19(23)21-15-7-5-8-16(13-15)22-20(24)14(2)26-18-11-9-17(25-3)10-12-18/h5,7-14H,4,6H2,1-3H3,(H,21,23)(H,22,24). The first-order chi connectivity index (χ1) is 12.5. The van der Waals surface area contributed by atoms with E-state index in [-0.39, 0.29) is 11.8 Å². The van der Waals surface area contributed by atoms with Gasteiger partial charge in [0.2, 0.25) is 5.91 Å². The minimum atomic E-state index is -0.679. The first-order valence-corrected chi connectivity index (χ1v) is 8.53. The lowest BCUT2D eigenvalue weighted by molar-refractivity contribution is -0.122. The molecule has 0 fully saturated rings. The second-order valence-corrected chi connectivity index (χ2v) is 5.80. The normalized spacial score (nSPS) is 11.3. The molecule has 0 spiro atoms. The molecule has 2 amide bonds. The van der Waals surface area contributed by atoms with Crippen LogP contribution in [0.25, 0.3) is 0 Å². The van der Waals surface area contributed by atoms with Crippen molar-refractivity contribution in [3.8, 4) is 11.5 Å². The zero-order valence-electron chi connectivity index (χ0n) is 15.2. The average molecular weight is 356 g/mol. The summed E-state index contributed by atoms with van der Waals surface area (Å²) in [6, 6.07) is 14.0. The average Bonchev–Trinajstić information content (AvgIpc) is 2.62. The van der Waals surface area contributed by atoms with Crippen LogP contribution in [0.15, 0.2) is 48.5 Å². The van der Waals surface area contributed by atoms with E-state index in [2.05, 4.69) is 10.6 Å². The van der Waals surface area contributed by atoms with Crippen LogP contribution >= 0.6 is 0 Å². The summed E-state index contributed by atoms with van der Waals surface area (Å²) in [5.74, 6) is 0.968. The van der Waals surface area contributed by atoms with Crippen LogP contribution in [0.5, 0.6) is 11.5 Å². The van der Waals surface area contributed by atoms with Crippen LogP contribution in [-0.4, -0.2) is 25.0 Å². The molecule has 2 N–H and O–H groups in total. The maximum absolute atomic E-state index is 12.3. The molecule has 0 aliphatic heterocycles. The number of nitrogens with one attached hydrogen (secondary N) is 2. The van der Waals surface area contributed by atoms with Crippen molar-refractivity contribution >= 4 is 23.2 Å². The number of benzene rings is 2. The number of carbonyl (C=O) groups is 2. The summed E-state index contributed by atoms with van der Waals surface area (Å²) in [7, 11) is 1.59. The predicted octanol–water partition coefficient (Wildman–Crippen LogP) is 3.84. The smallest absolute Gasteiger partial charge is 0.265 e. The number of rotatable bonds is 8. The van der Waals surface area contributed by atoms with Crippen molar-refractivity contribution in [2.24, 2.45) is 0 Å². The number of ether oxygens (including phenoxy) is 2. The molecule has 0 saturated heterocycles. The summed E-state index contributed by atoms with van der Waals surface area (Å²) in [5.41, 5.74) is 1.24. The highest BCUT2D eigenvalue weighted by Gasteiger charge is 2.15. The summed E-state index contributed by atoms with van der Waals surface area (Å²) in [6.45, 7) is 3.62. The van der Waals surface area contributed by atoms with E-state index in [0.29, 0.717) is 23.5 Å². The van der Waals surface area contributed by atoms with E-state index >= 15 is 0 Å². The molecular weight excluding hydrogens is 332 g/mol. The van der Waals surface area contributed by atoms with Crippen LogP contribution in [0.4, 0.5) is 11.4 Å². The Balaban J connectivity index is 1.94. The molecule has 6 heteroatoms. The van der Waals surface area contributed by atoms with Gasteiger partial charge in [0.15, 0.2) is 6.10 Å². The fourth-order valence-electron chi connectivity index (χ4n) is 2.28. The monoisotopic (exact) mass is 356 g/mol. The maximum atomic E-state index is 12.3. The molecule has 0 bridgehead atoms. The van der Waals surface area contributed by atoms with Crippen molar-refractivity contribution in [3.63, 3.8) is 0 Å². The number of hydrogen-bond acceptors (Lipinski definition) is 4. The molecule has 26 heavy (non-hydrogen) atoms. The van der Waals surface area contributed by atoms with Gasteiger partial charge < -0.3 is 20.1 Å². The Labute approximate surface area is 153 Å². The molecule has 0 saturated carbocycles. The Morgan fingerprint density at radius 3 is 2.23 bits per heavy atom. The molecule has 2 aromatic rings. The topological polar surface area (TPSA) is 76.7 Å². The Morgan fingerprint density at radius 1 is 1.00 bits per heavy atom. The van der Waals surface area contributed by atoms with Crippen LogP contribution in [0.3, 0.4) is 0 Å². The van der Waals surface area contributed by atoms with Crippen LogP contribution in [0, 0.1) is 0 Å². The highest BCUT2D eigenvalue weighted by molar-refractivity contribution is 5.96. The number of methoxy groups -OCH3 is 1. The summed E-state index contributed by atoms with van der Waals surface area (Å²) in [5, 5.41) is 5.59. The van der Waals surface area contributed by atoms with E-state index in [1.54, 1.807) is 62.6 Å². The Bertz CT molecular complexity index is 744. The molecule has 0 aliphatic rings. The fourth-order valence-corrected chi connectivity index (χ4v) is 2.28. The SMILES string of the molecule is CCCC(=O)Nc1cccc(NC(=O)C(C)Oc2ccc(OC)cc2)c1. The van der Waals surface area contributed by atoms with Crippen molar-refractivity contribution in [2.75, 3.05) is 17.7 Å². The van der Waals surface area contributed by atoms with Crippen LogP contribution < -0.4 is 20.1 Å². The van der Waals surface area contributed by atoms with Gasteiger partial charge in [-0.15, -0.1) is 0 Å². The van der Waals surface area contributed by atoms with Gasteiger partial charge in [0.05, 0.1) is 7.11 Å². The maximum Gasteiger partial charge on any atom is 0.265 e. The lowest BCUT2D eigenvalue weighted by atomic mass is 10.2. The van der Waals surface area contributed by atoms with Gasteiger partial charge in [-0.1, -0.05) is 13.0 Å². The summed E-state index contributed by atoms with van der Waals surface area (Å²) < 4.78 is 10.7. The predicted molar refractivity (Wildman–Crippen MR) is 102 cm³/mol. The first-order valence-electron chi connectivity index (χ1n) is 8.53. The highest BCUT2D eigenvalue weighted by atomic mass is 16.5. The van der Waals surface area contributed by atoms with Crippen molar-refractivity contribution in [1.29, 1.82) is 0 Å². The second-order valence-electron chi connectivity index (χ2n) is 5.80. The van der Waals surface area contributed by atoms with Gasteiger partial charge in [-0.05, 0) is 55.8 Å². The molecule has 0 heterocycles. The van der Waals surface area contributed by atoms with Gasteiger partial charge >= 0.3 is 0 Å².